The highest BCUT2D eigenvalue weighted by Crippen LogP contribution is 2.43. The first-order valence-electron chi connectivity index (χ1n) is 8.02. The van der Waals surface area contributed by atoms with Crippen molar-refractivity contribution in [3.63, 3.8) is 0 Å². The number of nitrogens with one attached hydrogen (secondary N) is 2. The van der Waals surface area contributed by atoms with Crippen molar-refractivity contribution in [2.75, 3.05) is 10.6 Å². The Bertz CT molecular complexity index is 961. The van der Waals surface area contributed by atoms with Gasteiger partial charge in [-0.15, -0.1) is 0 Å². The van der Waals surface area contributed by atoms with Crippen molar-refractivity contribution >= 4 is 17.5 Å². The van der Waals surface area contributed by atoms with Crippen LogP contribution in [0.4, 0.5) is 24.8 Å². The summed E-state index contributed by atoms with van der Waals surface area (Å²) in [7, 11) is 0. The van der Waals surface area contributed by atoms with Gasteiger partial charge in [-0.1, -0.05) is 5.16 Å². The zero-order valence-corrected chi connectivity index (χ0v) is 13.9. The van der Waals surface area contributed by atoms with E-state index in [1.165, 1.54) is 18.4 Å². The number of furan rings is 1. The van der Waals surface area contributed by atoms with Crippen molar-refractivity contribution in [3.05, 3.63) is 47.7 Å². The lowest BCUT2D eigenvalue weighted by atomic mass is 10.0. The Morgan fingerprint density at radius 3 is 2.85 bits per heavy atom. The van der Waals surface area contributed by atoms with Crippen LogP contribution >= 0.6 is 0 Å². The summed E-state index contributed by atoms with van der Waals surface area (Å²) in [6.45, 7) is 1.64. The number of fused-ring (bicyclic) bond motifs is 1. The fourth-order valence-electron chi connectivity index (χ4n) is 2.97. The molecule has 0 saturated heterocycles. The smallest absolute Gasteiger partial charge is 0.410 e. The Kier molecular flexibility index (Phi) is 3.93. The van der Waals surface area contributed by atoms with E-state index in [1.54, 1.807) is 19.1 Å². The van der Waals surface area contributed by atoms with Gasteiger partial charge in [0.15, 0.2) is 17.6 Å². The molecular formula is C16H14F3N5O3. The van der Waals surface area contributed by atoms with E-state index < -0.39 is 24.2 Å². The Labute approximate surface area is 150 Å². The summed E-state index contributed by atoms with van der Waals surface area (Å²) in [5.74, 6) is 0.390. The second-order valence-electron chi connectivity index (χ2n) is 6.14. The molecule has 0 saturated carbocycles. The normalized spacial score (nSPS) is 19.4. The van der Waals surface area contributed by atoms with Crippen LogP contribution in [0.5, 0.6) is 0 Å². The number of nitrogens with zero attached hydrogens (tertiary/aromatic N) is 3. The molecule has 142 valence electrons. The molecule has 4 heterocycles. The average molecular weight is 381 g/mol. The molecule has 0 aliphatic carbocycles. The fraction of sp³-hybridized carbons (Fsp3) is 0.312. The predicted octanol–water partition coefficient (Wildman–Crippen LogP) is 3.69. The van der Waals surface area contributed by atoms with Crippen molar-refractivity contribution in [1.29, 1.82) is 0 Å². The Morgan fingerprint density at radius 2 is 2.22 bits per heavy atom. The molecule has 8 nitrogen and oxygen atoms in total. The zero-order valence-electron chi connectivity index (χ0n) is 13.9. The highest BCUT2D eigenvalue weighted by Gasteiger charge is 2.47. The van der Waals surface area contributed by atoms with Gasteiger partial charge in [-0.3, -0.25) is 4.79 Å². The maximum absolute atomic E-state index is 13.6. The van der Waals surface area contributed by atoms with Crippen LogP contribution in [0.25, 0.3) is 0 Å². The third-order valence-electron chi connectivity index (χ3n) is 4.18. The van der Waals surface area contributed by atoms with Crippen molar-refractivity contribution in [2.24, 2.45) is 0 Å². The number of hydrogen-bond acceptors (Lipinski definition) is 6. The number of carbonyl (C=O) groups is 1. The number of aryl methyl sites for hydroxylation is 1. The van der Waals surface area contributed by atoms with Gasteiger partial charge in [0.2, 0.25) is 0 Å². The predicted molar refractivity (Wildman–Crippen MR) is 86.2 cm³/mol. The van der Waals surface area contributed by atoms with E-state index in [1.807, 2.05) is 0 Å². The van der Waals surface area contributed by atoms with E-state index in [-0.39, 0.29) is 23.8 Å². The quantitative estimate of drug-likeness (QED) is 0.718. The number of rotatable bonds is 3. The molecular weight excluding hydrogens is 367 g/mol. The van der Waals surface area contributed by atoms with Gasteiger partial charge < -0.3 is 19.6 Å². The topological polar surface area (TPSA) is 98.1 Å². The Hall–Kier alpha value is -3.24. The number of amides is 1. The monoisotopic (exact) mass is 381 g/mol. The first-order chi connectivity index (χ1) is 12.8. The number of anilines is 2. The van der Waals surface area contributed by atoms with Crippen LogP contribution in [0.15, 0.2) is 39.5 Å². The molecule has 0 aromatic carbocycles. The maximum atomic E-state index is 13.6. The highest BCUT2D eigenvalue weighted by atomic mass is 19.4. The lowest BCUT2D eigenvalue weighted by molar-refractivity contribution is -0.174. The number of hydrogen-bond donors (Lipinski definition) is 2. The van der Waals surface area contributed by atoms with Crippen molar-refractivity contribution in [1.82, 2.24) is 14.9 Å². The summed E-state index contributed by atoms with van der Waals surface area (Å²) >= 11 is 0. The summed E-state index contributed by atoms with van der Waals surface area (Å²) in [4.78, 5) is 12.3. The summed E-state index contributed by atoms with van der Waals surface area (Å²) in [5.41, 5.74) is -0.174. The third-order valence-corrected chi connectivity index (χ3v) is 4.18. The van der Waals surface area contributed by atoms with Crippen molar-refractivity contribution in [3.8, 4) is 0 Å². The fourth-order valence-corrected chi connectivity index (χ4v) is 2.97. The molecule has 3 aromatic heterocycles. The van der Waals surface area contributed by atoms with E-state index in [0.717, 1.165) is 4.68 Å². The minimum absolute atomic E-state index is 0.0754. The van der Waals surface area contributed by atoms with E-state index in [4.69, 9.17) is 8.94 Å². The summed E-state index contributed by atoms with van der Waals surface area (Å²) in [5, 5.41) is 12.8. The number of aromatic nitrogens is 3. The number of alkyl halides is 3. The second-order valence-corrected chi connectivity index (χ2v) is 6.14. The highest BCUT2D eigenvalue weighted by molar-refractivity contribution is 6.02. The van der Waals surface area contributed by atoms with Crippen LogP contribution in [-0.4, -0.2) is 27.0 Å². The molecule has 1 amide bonds. The number of carbonyl (C=O) groups excluding carboxylic acids is 1. The van der Waals surface area contributed by atoms with Crippen LogP contribution < -0.4 is 10.6 Å². The Morgan fingerprint density at radius 1 is 1.41 bits per heavy atom. The number of halogens is 3. The van der Waals surface area contributed by atoms with Gasteiger partial charge in [-0.2, -0.15) is 18.3 Å². The Balaban J connectivity index is 1.64. The molecule has 4 rings (SSSR count). The van der Waals surface area contributed by atoms with Gasteiger partial charge in [0.25, 0.3) is 5.91 Å². The van der Waals surface area contributed by atoms with E-state index in [2.05, 4.69) is 20.9 Å². The minimum Gasteiger partial charge on any atom is -0.467 e. The largest absolute Gasteiger partial charge is 0.467 e. The molecule has 0 unspecified atom stereocenters. The van der Waals surface area contributed by atoms with Gasteiger partial charge in [-0.25, -0.2) is 4.68 Å². The van der Waals surface area contributed by atoms with Crippen molar-refractivity contribution in [2.45, 2.75) is 31.6 Å². The molecule has 0 fully saturated rings. The first kappa shape index (κ1) is 17.2. The molecule has 2 N–H and O–H groups in total. The standard InChI is InChI=1S/C16H14F3N5O3/c1-8-5-13(23-27-8)21-15(25)10-7-14-20-9(11-3-2-4-26-11)6-12(16(17,18)19)24(14)22-10/h2-5,7,9,12,20H,6H2,1H3,(H,21,23,25)/t9-,12-/m0/s1. The summed E-state index contributed by atoms with van der Waals surface area (Å²) in [6.07, 6.45) is -3.45. The van der Waals surface area contributed by atoms with Gasteiger partial charge >= 0.3 is 6.18 Å². The van der Waals surface area contributed by atoms with Crippen LogP contribution in [0.1, 0.15) is 40.5 Å². The summed E-state index contributed by atoms with van der Waals surface area (Å²) < 4.78 is 51.5. The van der Waals surface area contributed by atoms with E-state index in [9.17, 15) is 18.0 Å². The van der Waals surface area contributed by atoms with E-state index in [0.29, 0.717) is 11.5 Å². The van der Waals surface area contributed by atoms with Gasteiger partial charge in [0.1, 0.15) is 17.3 Å². The van der Waals surface area contributed by atoms with Crippen LogP contribution in [0.3, 0.4) is 0 Å². The molecule has 0 radical (unpaired) electrons. The first-order valence-corrected chi connectivity index (χ1v) is 8.02. The van der Waals surface area contributed by atoms with Gasteiger partial charge in [0.05, 0.1) is 12.3 Å². The molecule has 0 spiro atoms. The lowest BCUT2D eigenvalue weighted by Crippen LogP contribution is -2.35. The van der Waals surface area contributed by atoms with E-state index >= 15 is 0 Å². The van der Waals surface area contributed by atoms with Gasteiger partial charge in [0, 0.05) is 18.6 Å². The second kappa shape index (κ2) is 6.18. The SMILES string of the molecule is Cc1cc(NC(=O)c2cc3n(n2)[C@H](C(F)(F)F)C[C@@H](c2ccco2)N3)no1. The molecule has 1 aliphatic rings. The van der Waals surface area contributed by atoms with Crippen molar-refractivity contribution < 1.29 is 26.9 Å². The molecule has 3 aromatic rings. The molecule has 11 heteroatoms. The molecule has 1 aliphatic heterocycles. The van der Waals surface area contributed by atoms with Crippen LogP contribution in [-0.2, 0) is 0 Å². The molecule has 2 atom stereocenters. The summed E-state index contributed by atoms with van der Waals surface area (Å²) in [6, 6.07) is 3.36. The molecule has 27 heavy (non-hydrogen) atoms. The zero-order chi connectivity index (χ0) is 19.2. The minimum atomic E-state index is -4.54. The van der Waals surface area contributed by atoms with Crippen LogP contribution in [0, 0.1) is 6.92 Å². The van der Waals surface area contributed by atoms with Crippen LogP contribution in [0.2, 0.25) is 0 Å². The van der Waals surface area contributed by atoms with Gasteiger partial charge in [-0.05, 0) is 19.1 Å². The molecule has 0 bridgehead atoms. The maximum Gasteiger partial charge on any atom is 0.410 e. The lowest BCUT2D eigenvalue weighted by Gasteiger charge is -2.32. The third kappa shape index (κ3) is 3.27. The average Bonchev–Trinajstić information content (AvgIpc) is 3.32.